The maximum atomic E-state index is 12.5. The van der Waals surface area contributed by atoms with E-state index >= 15 is 0 Å². The zero-order chi connectivity index (χ0) is 19.5. The van der Waals surface area contributed by atoms with Crippen LogP contribution in [0.4, 0.5) is 5.13 Å². The number of furan rings is 1. The second kappa shape index (κ2) is 8.31. The van der Waals surface area contributed by atoms with Gasteiger partial charge in [0.05, 0.1) is 0 Å². The molecule has 0 fully saturated rings. The van der Waals surface area contributed by atoms with Crippen LogP contribution in [0.15, 0.2) is 75.8 Å². The second-order valence-corrected chi connectivity index (χ2v) is 8.53. The lowest BCUT2D eigenvalue weighted by Crippen LogP contribution is -2.10. The lowest BCUT2D eigenvalue weighted by atomic mass is 10.1. The first-order chi connectivity index (χ1) is 13.6. The molecular formula is C21H14BrClN2O2S. The molecular weight excluding hydrogens is 460 g/mol. The Hall–Kier alpha value is -2.41. The zero-order valence-corrected chi connectivity index (χ0v) is 17.6. The Kier molecular flexibility index (Phi) is 5.62. The molecule has 0 saturated heterocycles. The predicted octanol–water partition coefficient (Wildman–Crippen LogP) is 6.66. The van der Waals surface area contributed by atoms with E-state index in [0.717, 1.165) is 21.3 Å². The number of hydrogen-bond acceptors (Lipinski definition) is 4. The van der Waals surface area contributed by atoms with Crippen LogP contribution in [0.2, 0.25) is 5.02 Å². The molecule has 0 atom stereocenters. The minimum Gasteiger partial charge on any atom is -0.451 e. The molecule has 1 amide bonds. The summed E-state index contributed by atoms with van der Waals surface area (Å²) >= 11 is 10.9. The molecule has 0 aliphatic heterocycles. The number of halogens is 2. The molecule has 0 spiro atoms. The van der Waals surface area contributed by atoms with Crippen LogP contribution in [0.3, 0.4) is 0 Å². The molecule has 4 nitrogen and oxygen atoms in total. The Bertz CT molecular complexity index is 1120. The van der Waals surface area contributed by atoms with Crippen LogP contribution in [0.1, 0.15) is 21.0 Å². The van der Waals surface area contributed by atoms with E-state index in [1.54, 1.807) is 30.5 Å². The van der Waals surface area contributed by atoms with Gasteiger partial charge in [-0.1, -0.05) is 51.8 Å². The van der Waals surface area contributed by atoms with Crippen molar-refractivity contribution in [2.45, 2.75) is 6.42 Å². The summed E-state index contributed by atoms with van der Waals surface area (Å²) in [5, 5.41) is 3.94. The molecule has 2 aromatic heterocycles. The summed E-state index contributed by atoms with van der Waals surface area (Å²) < 4.78 is 6.72. The van der Waals surface area contributed by atoms with Gasteiger partial charge in [-0.3, -0.25) is 10.1 Å². The molecule has 0 aliphatic carbocycles. The van der Waals surface area contributed by atoms with Crippen LogP contribution in [0, 0.1) is 0 Å². The van der Waals surface area contributed by atoms with E-state index in [2.05, 4.69) is 38.4 Å². The fraction of sp³-hybridized carbons (Fsp3) is 0.0476. The molecule has 2 heterocycles. The van der Waals surface area contributed by atoms with Crippen molar-refractivity contribution in [2.24, 2.45) is 0 Å². The normalized spacial score (nSPS) is 10.8. The summed E-state index contributed by atoms with van der Waals surface area (Å²) in [6.45, 7) is 0. The van der Waals surface area contributed by atoms with E-state index in [1.165, 1.54) is 16.9 Å². The van der Waals surface area contributed by atoms with Gasteiger partial charge in [-0.25, -0.2) is 4.98 Å². The van der Waals surface area contributed by atoms with Crippen molar-refractivity contribution < 1.29 is 9.21 Å². The standard InChI is InChI=1S/C21H14BrClN2O2S/c22-15-6-4-13(5-7-15)10-17-12-24-21(28-17)25-20(26)19-9-8-18(27-19)14-2-1-3-16(23)11-14/h1-9,11-12H,10H2,(H,24,25,26). The van der Waals surface area contributed by atoms with Gasteiger partial charge in [0.15, 0.2) is 10.9 Å². The van der Waals surface area contributed by atoms with Crippen LogP contribution in [0.5, 0.6) is 0 Å². The third-order valence-electron chi connectivity index (χ3n) is 4.00. The molecule has 0 radical (unpaired) electrons. The van der Waals surface area contributed by atoms with Gasteiger partial charge in [0, 0.05) is 32.6 Å². The van der Waals surface area contributed by atoms with E-state index in [-0.39, 0.29) is 11.7 Å². The Morgan fingerprint density at radius 3 is 2.75 bits per heavy atom. The fourth-order valence-corrected chi connectivity index (χ4v) is 3.96. The average Bonchev–Trinajstić information content (AvgIpc) is 3.33. The number of nitrogens with one attached hydrogen (secondary N) is 1. The fourth-order valence-electron chi connectivity index (χ4n) is 2.67. The van der Waals surface area contributed by atoms with Crippen molar-refractivity contribution >= 4 is 49.9 Å². The SMILES string of the molecule is O=C(Nc1ncc(Cc2ccc(Br)cc2)s1)c1ccc(-c2cccc(Cl)c2)o1. The Morgan fingerprint density at radius 2 is 1.96 bits per heavy atom. The van der Waals surface area contributed by atoms with E-state index < -0.39 is 0 Å². The van der Waals surface area contributed by atoms with E-state index in [0.29, 0.717) is 15.9 Å². The summed E-state index contributed by atoms with van der Waals surface area (Å²) in [4.78, 5) is 17.8. The maximum Gasteiger partial charge on any atom is 0.293 e. The van der Waals surface area contributed by atoms with Gasteiger partial charge in [-0.2, -0.15) is 0 Å². The highest BCUT2D eigenvalue weighted by Gasteiger charge is 2.14. The minimum atomic E-state index is -0.335. The highest BCUT2D eigenvalue weighted by Crippen LogP contribution is 2.26. The van der Waals surface area contributed by atoms with Gasteiger partial charge in [-0.05, 0) is 42.0 Å². The number of carbonyl (C=O) groups excluding carboxylic acids is 1. The predicted molar refractivity (Wildman–Crippen MR) is 116 cm³/mol. The number of hydrogen-bond donors (Lipinski definition) is 1. The number of thiazole rings is 1. The highest BCUT2D eigenvalue weighted by atomic mass is 79.9. The summed E-state index contributed by atoms with van der Waals surface area (Å²) in [5.41, 5.74) is 2.00. The van der Waals surface area contributed by atoms with Crippen LogP contribution in [-0.2, 0) is 6.42 Å². The quantitative estimate of drug-likeness (QED) is 0.352. The maximum absolute atomic E-state index is 12.5. The van der Waals surface area contributed by atoms with Crippen LogP contribution in [-0.4, -0.2) is 10.9 Å². The lowest BCUT2D eigenvalue weighted by Gasteiger charge is -2.00. The van der Waals surface area contributed by atoms with Crippen molar-refractivity contribution in [1.82, 2.24) is 4.98 Å². The Labute approximate surface area is 179 Å². The topological polar surface area (TPSA) is 55.1 Å². The minimum absolute atomic E-state index is 0.222. The molecule has 4 rings (SSSR count). The van der Waals surface area contributed by atoms with Gasteiger partial charge in [-0.15, -0.1) is 11.3 Å². The second-order valence-electron chi connectivity index (χ2n) is 6.06. The molecule has 4 aromatic rings. The van der Waals surface area contributed by atoms with Crippen LogP contribution >= 0.6 is 38.9 Å². The number of rotatable bonds is 5. The largest absolute Gasteiger partial charge is 0.451 e. The van der Waals surface area contributed by atoms with Gasteiger partial charge in [0.25, 0.3) is 5.91 Å². The number of benzene rings is 2. The number of carbonyl (C=O) groups is 1. The molecule has 1 N–H and O–H groups in total. The summed E-state index contributed by atoms with van der Waals surface area (Å²) in [6.07, 6.45) is 2.54. The van der Waals surface area contributed by atoms with Gasteiger partial charge < -0.3 is 4.42 Å². The molecule has 0 aliphatic rings. The third-order valence-corrected chi connectivity index (χ3v) is 5.68. The van der Waals surface area contributed by atoms with Crippen LogP contribution in [0.25, 0.3) is 11.3 Å². The number of aromatic nitrogens is 1. The van der Waals surface area contributed by atoms with Crippen molar-refractivity contribution in [2.75, 3.05) is 5.32 Å². The van der Waals surface area contributed by atoms with Crippen LogP contribution < -0.4 is 5.32 Å². The van der Waals surface area contributed by atoms with Gasteiger partial charge in [0.1, 0.15) is 5.76 Å². The summed E-state index contributed by atoms with van der Waals surface area (Å²) in [5.74, 6) is 0.472. The van der Waals surface area contributed by atoms with Crippen molar-refractivity contribution in [1.29, 1.82) is 0 Å². The van der Waals surface area contributed by atoms with Gasteiger partial charge >= 0.3 is 0 Å². The summed E-state index contributed by atoms with van der Waals surface area (Å²) in [7, 11) is 0. The number of anilines is 1. The highest BCUT2D eigenvalue weighted by molar-refractivity contribution is 9.10. The molecule has 0 bridgehead atoms. The number of nitrogens with zero attached hydrogens (tertiary/aromatic N) is 1. The van der Waals surface area contributed by atoms with Crippen molar-refractivity contribution in [3.8, 4) is 11.3 Å². The average molecular weight is 474 g/mol. The zero-order valence-electron chi connectivity index (χ0n) is 14.5. The van der Waals surface area contributed by atoms with E-state index in [1.807, 2.05) is 24.3 Å². The summed E-state index contributed by atoms with van der Waals surface area (Å²) in [6, 6.07) is 18.8. The van der Waals surface area contributed by atoms with Gasteiger partial charge in [0.2, 0.25) is 0 Å². The van der Waals surface area contributed by atoms with Crippen molar-refractivity contribution in [3.05, 3.63) is 92.6 Å². The van der Waals surface area contributed by atoms with Crippen molar-refractivity contribution in [3.63, 3.8) is 0 Å². The first kappa shape index (κ1) is 18.9. The van der Waals surface area contributed by atoms with E-state index in [9.17, 15) is 4.79 Å². The molecule has 2 aromatic carbocycles. The van der Waals surface area contributed by atoms with E-state index in [4.69, 9.17) is 16.0 Å². The Balaban J connectivity index is 1.43. The molecule has 28 heavy (non-hydrogen) atoms. The smallest absolute Gasteiger partial charge is 0.293 e. The first-order valence-corrected chi connectivity index (χ1v) is 10.4. The number of amides is 1. The molecule has 0 unspecified atom stereocenters. The molecule has 7 heteroatoms. The molecule has 0 saturated carbocycles. The molecule has 140 valence electrons. The monoisotopic (exact) mass is 472 g/mol. The first-order valence-electron chi connectivity index (χ1n) is 8.43. The lowest BCUT2D eigenvalue weighted by molar-refractivity contribution is 0.0997. The Morgan fingerprint density at radius 1 is 1.14 bits per heavy atom. The third kappa shape index (κ3) is 4.52.